The Morgan fingerprint density at radius 3 is 2.44 bits per heavy atom. The van der Waals surface area contributed by atoms with Crippen LogP contribution in [0, 0.1) is 0 Å². The maximum absolute atomic E-state index is 12.5. The summed E-state index contributed by atoms with van der Waals surface area (Å²) in [7, 11) is 0. The van der Waals surface area contributed by atoms with Crippen LogP contribution in [0.5, 0.6) is 0 Å². The Bertz CT molecular complexity index is 446. The maximum atomic E-state index is 12.5. The molecule has 0 aliphatic rings. The summed E-state index contributed by atoms with van der Waals surface area (Å²) in [6, 6.07) is 6.52. The van der Waals surface area contributed by atoms with Crippen molar-refractivity contribution in [1.29, 1.82) is 0 Å². The van der Waals surface area contributed by atoms with Crippen LogP contribution in [-0.4, -0.2) is 17.6 Å². The van der Waals surface area contributed by atoms with E-state index in [1.54, 1.807) is 24.3 Å². The van der Waals surface area contributed by atoms with Crippen LogP contribution in [0.4, 0.5) is 13.2 Å². The van der Waals surface area contributed by atoms with E-state index < -0.39 is 17.6 Å². The van der Waals surface area contributed by atoms with Crippen molar-refractivity contribution >= 4 is 17.5 Å². The normalized spacial score (nSPS) is 15.0. The second-order valence-corrected chi connectivity index (χ2v) is 4.38. The number of hydrogen-bond donors (Lipinski definition) is 2. The van der Waals surface area contributed by atoms with E-state index in [-0.39, 0.29) is 6.54 Å². The van der Waals surface area contributed by atoms with Crippen LogP contribution in [0.15, 0.2) is 24.3 Å². The van der Waals surface area contributed by atoms with Crippen molar-refractivity contribution in [3.05, 3.63) is 34.9 Å². The topological polar surface area (TPSA) is 55.1 Å². The zero-order valence-corrected chi connectivity index (χ0v) is 10.3. The maximum Gasteiger partial charge on any atom is 0.415 e. The number of alkyl halides is 3. The van der Waals surface area contributed by atoms with Gasteiger partial charge in [-0.05, 0) is 18.6 Å². The van der Waals surface area contributed by atoms with Crippen LogP contribution in [0.25, 0.3) is 0 Å². The largest absolute Gasteiger partial charge is 0.415 e. The van der Waals surface area contributed by atoms with Gasteiger partial charge in [0.05, 0.1) is 0 Å². The first-order chi connectivity index (χ1) is 8.16. The molecule has 3 nitrogen and oxygen atoms in total. The molecule has 1 atom stereocenters. The summed E-state index contributed by atoms with van der Waals surface area (Å²) in [6.07, 6.45) is -4.81. The number of benzene rings is 1. The highest BCUT2D eigenvalue weighted by atomic mass is 35.5. The third-order valence-corrected chi connectivity index (χ3v) is 2.83. The lowest BCUT2D eigenvalue weighted by molar-refractivity contribution is -0.187. The van der Waals surface area contributed by atoms with Gasteiger partial charge >= 0.3 is 6.18 Å². The Balaban J connectivity index is 2.71. The Morgan fingerprint density at radius 1 is 1.39 bits per heavy atom. The number of halogens is 4. The molecule has 0 spiro atoms. The molecule has 0 saturated carbocycles. The molecule has 0 saturated heterocycles. The predicted molar refractivity (Wildman–Crippen MR) is 61.9 cm³/mol. The molecule has 0 aliphatic carbocycles. The van der Waals surface area contributed by atoms with Crippen LogP contribution >= 0.6 is 11.6 Å². The van der Waals surface area contributed by atoms with Gasteiger partial charge in [-0.1, -0.05) is 29.8 Å². The number of carbonyl (C=O) groups excluding carboxylic acids is 1. The number of carbonyl (C=O) groups is 1. The molecule has 100 valence electrons. The fraction of sp³-hybridized carbons (Fsp3) is 0.364. The highest BCUT2D eigenvalue weighted by Gasteiger charge is 2.53. The Labute approximate surface area is 107 Å². The SMILES string of the molecule is CC(N)(C(=O)NCc1ccccc1Cl)C(F)(F)F. The van der Waals surface area contributed by atoms with Gasteiger partial charge in [0.1, 0.15) is 0 Å². The summed E-state index contributed by atoms with van der Waals surface area (Å²) in [4.78, 5) is 11.4. The molecule has 1 unspecified atom stereocenters. The molecule has 0 aromatic heterocycles. The predicted octanol–water partition coefficient (Wildman–Crippen LogP) is 2.24. The Hall–Kier alpha value is -1.27. The fourth-order valence-electron chi connectivity index (χ4n) is 1.13. The highest BCUT2D eigenvalue weighted by molar-refractivity contribution is 6.31. The molecule has 0 heterocycles. The molecule has 0 fully saturated rings. The van der Waals surface area contributed by atoms with Crippen LogP contribution in [0.3, 0.4) is 0 Å². The van der Waals surface area contributed by atoms with E-state index in [1.807, 2.05) is 0 Å². The summed E-state index contributed by atoms with van der Waals surface area (Å²) < 4.78 is 37.4. The van der Waals surface area contributed by atoms with E-state index in [9.17, 15) is 18.0 Å². The number of nitrogens with two attached hydrogens (primary N) is 1. The number of hydrogen-bond acceptors (Lipinski definition) is 2. The van der Waals surface area contributed by atoms with E-state index in [4.69, 9.17) is 17.3 Å². The summed E-state index contributed by atoms with van der Waals surface area (Å²) >= 11 is 5.81. The minimum atomic E-state index is -4.81. The van der Waals surface area contributed by atoms with E-state index in [1.165, 1.54) is 0 Å². The minimum absolute atomic E-state index is 0.110. The highest BCUT2D eigenvalue weighted by Crippen LogP contribution is 2.28. The van der Waals surface area contributed by atoms with Gasteiger partial charge in [0, 0.05) is 11.6 Å². The molecule has 18 heavy (non-hydrogen) atoms. The molecule has 0 radical (unpaired) electrons. The average Bonchev–Trinajstić information content (AvgIpc) is 2.26. The van der Waals surface area contributed by atoms with Gasteiger partial charge in [-0.3, -0.25) is 4.79 Å². The fourth-order valence-corrected chi connectivity index (χ4v) is 1.33. The molecule has 1 aromatic rings. The number of nitrogens with one attached hydrogen (secondary N) is 1. The van der Waals surface area contributed by atoms with Gasteiger partial charge < -0.3 is 11.1 Å². The Morgan fingerprint density at radius 2 is 1.94 bits per heavy atom. The van der Waals surface area contributed by atoms with E-state index in [0.717, 1.165) is 0 Å². The molecule has 1 amide bonds. The lowest BCUT2D eigenvalue weighted by Gasteiger charge is -2.26. The van der Waals surface area contributed by atoms with Crippen LogP contribution in [0.1, 0.15) is 12.5 Å². The van der Waals surface area contributed by atoms with Crippen molar-refractivity contribution in [3.63, 3.8) is 0 Å². The third kappa shape index (κ3) is 3.14. The third-order valence-electron chi connectivity index (χ3n) is 2.46. The van der Waals surface area contributed by atoms with E-state index in [0.29, 0.717) is 17.5 Å². The second kappa shape index (κ2) is 5.16. The molecule has 7 heteroatoms. The van der Waals surface area contributed by atoms with Crippen molar-refractivity contribution in [1.82, 2.24) is 5.32 Å². The van der Waals surface area contributed by atoms with Gasteiger partial charge in [0.2, 0.25) is 5.91 Å². The van der Waals surface area contributed by atoms with Gasteiger partial charge in [-0.2, -0.15) is 13.2 Å². The average molecular weight is 281 g/mol. The van der Waals surface area contributed by atoms with Gasteiger partial charge in [0.15, 0.2) is 5.54 Å². The Kier molecular flexibility index (Phi) is 4.24. The first-order valence-corrected chi connectivity index (χ1v) is 5.41. The molecule has 3 N–H and O–H groups in total. The van der Waals surface area contributed by atoms with E-state index in [2.05, 4.69) is 5.32 Å². The lowest BCUT2D eigenvalue weighted by atomic mass is 10.0. The van der Waals surface area contributed by atoms with Gasteiger partial charge in [0.25, 0.3) is 0 Å². The first-order valence-electron chi connectivity index (χ1n) is 5.03. The summed E-state index contributed by atoms with van der Waals surface area (Å²) in [5.74, 6) is -1.30. The zero-order valence-electron chi connectivity index (χ0n) is 9.51. The molecule has 0 bridgehead atoms. The van der Waals surface area contributed by atoms with Crippen LogP contribution in [-0.2, 0) is 11.3 Å². The number of amides is 1. The van der Waals surface area contributed by atoms with Crippen molar-refractivity contribution < 1.29 is 18.0 Å². The molecular weight excluding hydrogens is 269 g/mol. The quantitative estimate of drug-likeness (QED) is 0.892. The molecule has 0 aliphatic heterocycles. The zero-order chi connectivity index (χ0) is 14.0. The van der Waals surface area contributed by atoms with Crippen molar-refractivity contribution in [2.45, 2.75) is 25.2 Å². The number of rotatable bonds is 3. The van der Waals surface area contributed by atoms with Gasteiger partial charge in [-0.25, -0.2) is 0 Å². The molecule has 1 rings (SSSR count). The standard InChI is InChI=1S/C11H12ClF3N2O/c1-10(16,11(13,14)15)9(18)17-6-7-4-2-3-5-8(7)12/h2-5H,6,16H2,1H3,(H,17,18). The van der Waals surface area contributed by atoms with Crippen LogP contribution in [0.2, 0.25) is 5.02 Å². The summed E-state index contributed by atoms with van der Waals surface area (Å²) in [5, 5.41) is 2.48. The minimum Gasteiger partial charge on any atom is -0.350 e. The summed E-state index contributed by atoms with van der Waals surface area (Å²) in [5.41, 5.74) is 2.57. The first kappa shape index (κ1) is 14.8. The molecular formula is C11H12ClF3N2O. The van der Waals surface area contributed by atoms with Gasteiger partial charge in [-0.15, -0.1) is 0 Å². The summed E-state index contributed by atoms with van der Waals surface area (Å²) in [6.45, 7) is 0.510. The van der Waals surface area contributed by atoms with E-state index >= 15 is 0 Å². The van der Waals surface area contributed by atoms with Crippen molar-refractivity contribution in [2.75, 3.05) is 0 Å². The lowest BCUT2D eigenvalue weighted by Crippen LogP contribution is -2.61. The van der Waals surface area contributed by atoms with Crippen LogP contribution < -0.4 is 11.1 Å². The monoisotopic (exact) mass is 280 g/mol. The van der Waals surface area contributed by atoms with Crippen molar-refractivity contribution in [2.24, 2.45) is 5.73 Å². The molecule has 1 aromatic carbocycles. The van der Waals surface area contributed by atoms with Crippen molar-refractivity contribution in [3.8, 4) is 0 Å². The smallest absolute Gasteiger partial charge is 0.350 e. The second-order valence-electron chi connectivity index (χ2n) is 3.97.